The number of hydrogen-bond donors (Lipinski definition) is 0. The topological polar surface area (TPSA) is 12.4 Å². The van der Waals surface area contributed by atoms with E-state index in [4.69, 9.17) is 4.99 Å². The summed E-state index contributed by atoms with van der Waals surface area (Å²) in [5.74, 6) is 2.93. The first kappa shape index (κ1) is 15.4. The second kappa shape index (κ2) is 6.12. The third kappa shape index (κ3) is 2.94. The second-order valence-electron chi connectivity index (χ2n) is 8.78. The van der Waals surface area contributed by atoms with E-state index >= 15 is 0 Å². The Balaban J connectivity index is 1.47. The van der Waals surface area contributed by atoms with E-state index in [0.717, 1.165) is 17.8 Å². The van der Waals surface area contributed by atoms with E-state index < -0.39 is 0 Å². The molecule has 4 bridgehead atoms. The van der Waals surface area contributed by atoms with Gasteiger partial charge < -0.3 is 0 Å². The third-order valence-electron chi connectivity index (χ3n) is 6.81. The van der Waals surface area contributed by atoms with E-state index in [1.54, 1.807) is 0 Å². The summed E-state index contributed by atoms with van der Waals surface area (Å²) in [7, 11) is 0. The highest BCUT2D eigenvalue weighted by molar-refractivity contribution is 5.67. The van der Waals surface area contributed by atoms with Crippen molar-refractivity contribution < 1.29 is 0 Å². The van der Waals surface area contributed by atoms with Crippen molar-refractivity contribution >= 4 is 6.21 Å². The zero-order chi connectivity index (χ0) is 16.7. The Morgan fingerprint density at radius 2 is 1.16 bits per heavy atom. The minimum absolute atomic E-state index is 0.135. The summed E-state index contributed by atoms with van der Waals surface area (Å²) in [5, 5.41) is 0. The third-order valence-corrected chi connectivity index (χ3v) is 6.81. The summed E-state index contributed by atoms with van der Waals surface area (Å²) in [4.78, 5) is 5.23. The molecule has 0 N–H and O–H groups in total. The summed E-state index contributed by atoms with van der Waals surface area (Å²) in [5.41, 5.74) is 3.00. The van der Waals surface area contributed by atoms with Crippen LogP contribution >= 0.6 is 0 Å². The molecule has 4 aliphatic carbocycles. The summed E-state index contributed by atoms with van der Waals surface area (Å²) in [6, 6.07) is 21.7. The molecule has 128 valence electrons. The van der Waals surface area contributed by atoms with Gasteiger partial charge in [0.2, 0.25) is 0 Å². The maximum atomic E-state index is 5.23. The summed E-state index contributed by atoms with van der Waals surface area (Å²) in [6.07, 6.45) is 11.0. The lowest BCUT2D eigenvalue weighted by Gasteiger charge is -2.55. The van der Waals surface area contributed by atoms with E-state index in [1.165, 1.54) is 49.7 Å². The van der Waals surface area contributed by atoms with E-state index in [9.17, 15) is 0 Å². The van der Waals surface area contributed by atoms with Gasteiger partial charge in [0.1, 0.15) is 0 Å². The fraction of sp³-hybridized carbons (Fsp3) is 0.458. The van der Waals surface area contributed by atoms with Crippen molar-refractivity contribution in [3.8, 4) is 0 Å². The quantitative estimate of drug-likeness (QED) is 0.604. The predicted octanol–water partition coefficient (Wildman–Crippen LogP) is 6.06. The Hall–Kier alpha value is -1.89. The molecule has 0 unspecified atom stereocenters. The normalized spacial score (nSPS) is 33.4. The fourth-order valence-electron chi connectivity index (χ4n) is 6.20. The van der Waals surface area contributed by atoms with Crippen LogP contribution in [-0.2, 0) is 0 Å². The zero-order valence-electron chi connectivity index (χ0n) is 14.9. The van der Waals surface area contributed by atoms with Crippen LogP contribution in [0.25, 0.3) is 0 Å². The van der Waals surface area contributed by atoms with Crippen molar-refractivity contribution in [3.63, 3.8) is 0 Å². The minimum atomic E-state index is 0.135. The summed E-state index contributed by atoms with van der Waals surface area (Å²) >= 11 is 0. The Labute approximate surface area is 151 Å². The van der Waals surface area contributed by atoms with Crippen molar-refractivity contribution in [3.05, 3.63) is 71.8 Å². The Bertz CT molecular complexity index is 671. The molecule has 0 radical (unpaired) electrons. The van der Waals surface area contributed by atoms with Gasteiger partial charge in [0.05, 0.1) is 6.04 Å². The molecule has 0 amide bonds. The molecule has 6 rings (SSSR count). The van der Waals surface area contributed by atoms with E-state index in [1.807, 2.05) is 0 Å². The van der Waals surface area contributed by atoms with Gasteiger partial charge in [-0.05, 0) is 67.4 Å². The molecule has 1 heteroatoms. The van der Waals surface area contributed by atoms with Crippen molar-refractivity contribution in [1.29, 1.82) is 0 Å². The number of hydrogen-bond acceptors (Lipinski definition) is 1. The molecule has 2 aromatic rings. The van der Waals surface area contributed by atoms with Crippen LogP contribution in [0.2, 0.25) is 0 Å². The van der Waals surface area contributed by atoms with E-state index in [2.05, 4.69) is 66.9 Å². The second-order valence-corrected chi connectivity index (χ2v) is 8.78. The minimum Gasteiger partial charge on any atom is -0.284 e. The average Bonchev–Trinajstić information content (AvgIpc) is 2.62. The molecule has 0 aliphatic heterocycles. The van der Waals surface area contributed by atoms with Gasteiger partial charge >= 0.3 is 0 Å². The molecule has 0 aromatic heterocycles. The van der Waals surface area contributed by atoms with Crippen LogP contribution in [0.3, 0.4) is 0 Å². The molecule has 0 heterocycles. The molecule has 4 saturated carbocycles. The van der Waals surface area contributed by atoms with Crippen molar-refractivity contribution in [2.45, 2.75) is 44.6 Å². The van der Waals surface area contributed by atoms with Gasteiger partial charge in [0, 0.05) is 11.6 Å². The van der Waals surface area contributed by atoms with Gasteiger partial charge in [-0.15, -0.1) is 0 Å². The first-order valence-corrected chi connectivity index (χ1v) is 9.94. The molecular formula is C24H27N. The molecule has 0 atom stereocenters. The monoisotopic (exact) mass is 329 g/mol. The SMILES string of the molecule is C(=NC(c1ccccc1)c1ccccc1)C12CC3CC(CC(C3)C1)C2. The molecule has 4 aliphatic rings. The number of nitrogens with zero attached hydrogens (tertiary/aromatic N) is 1. The molecular weight excluding hydrogens is 302 g/mol. The van der Waals surface area contributed by atoms with Crippen LogP contribution in [0.5, 0.6) is 0 Å². The fourth-order valence-corrected chi connectivity index (χ4v) is 6.20. The number of rotatable bonds is 4. The van der Waals surface area contributed by atoms with E-state index in [0.29, 0.717) is 5.41 Å². The molecule has 1 nitrogen and oxygen atoms in total. The van der Waals surface area contributed by atoms with Gasteiger partial charge in [0.25, 0.3) is 0 Å². The van der Waals surface area contributed by atoms with Crippen molar-refractivity contribution in [1.82, 2.24) is 0 Å². The molecule has 4 fully saturated rings. The maximum Gasteiger partial charge on any atom is 0.0995 e. The highest BCUT2D eigenvalue weighted by Gasteiger charge is 2.50. The summed E-state index contributed by atoms with van der Waals surface area (Å²) in [6.45, 7) is 0. The number of benzene rings is 2. The van der Waals surface area contributed by atoms with Gasteiger partial charge in [-0.3, -0.25) is 4.99 Å². The van der Waals surface area contributed by atoms with Gasteiger partial charge in [-0.25, -0.2) is 0 Å². The highest BCUT2D eigenvalue weighted by Crippen LogP contribution is 2.59. The first-order chi connectivity index (χ1) is 12.3. The van der Waals surface area contributed by atoms with Crippen LogP contribution in [0.4, 0.5) is 0 Å². The Morgan fingerprint density at radius 3 is 1.60 bits per heavy atom. The lowest BCUT2D eigenvalue weighted by molar-refractivity contribution is -0.00976. The van der Waals surface area contributed by atoms with Crippen LogP contribution in [0.1, 0.15) is 55.7 Å². The molecule has 0 saturated heterocycles. The highest BCUT2D eigenvalue weighted by atomic mass is 14.8. The molecule has 25 heavy (non-hydrogen) atoms. The zero-order valence-corrected chi connectivity index (χ0v) is 14.9. The van der Waals surface area contributed by atoms with Crippen LogP contribution in [-0.4, -0.2) is 6.21 Å². The number of aliphatic imine (C=N–C) groups is 1. The Morgan fingerprint density at radius 1 is 0.720 bits per heavy atom. The van der Waals surface area contributed by atoms with Gasteiger partial charge in [-0.2, -0.15) is 0 Å². The van der Waals surface area contributed by atoms with Crippen molar-refractivity contribution in [2.24, 2.45) is 28.2 Å². The van der Waals surface area contributed by atoms with Crippen LogP contribution in [0.15, 0.2) is 65.7 Å². The van der Waals surface area contributed by atoms with Crippen molar-refractivity contribution in [2.75, 3.05) is 0 Å². The van der Waals surface area contributed by atoms with Gasteiger partial charge in [0.15, 0.2) is 0 Å². The van der Waals surface area contributed by atoms with E-state index in [-0.39, 0.29) is 6.04 Å². The average molecular weight is 329 g/mol. The lowest BCUT2D eigenvalue weighted by atomic mass is 9.50. The van der Waals surface area contributed by atoms with Gasteiger partial charge in [-0.1, -0.05) is 60.7 Å². The first-order valence-electron chi connectivity index (χ1n) is 9.94. The Kier molecular flexibility index (Phi) is 3.77. The maximum absolute atomic E-state index is 5.23. The van der Waals surface area contributed by atoms with Crippen LogP contribution < -0.4 is 0 Å². The standard InChI is InChI=1S/C24H27N/c1-3-7-21(8-4-1)23(22-9-5-2-6-10-22)25-17-24-14-18-11-19(15-24)13-20(12-18)16-24/h1-10,17-20,23H,11-16H2. The van der Waals surface area contributed by atoms with Crippen LogP contribution in [0, 0.1) is 23.2 Å². The molecule has 2 aromatic carbocycles. The smallest absolute Gasteiger partial charge is 0.0995 e. The summed E-state index contributed by atoms with van der Waals surface area (Å²) < 4.78 is 0. The lowest BCUT2D eigenvalue weighted by Crippen LogP contribution is -2.46. The molecule has 0 spiro atoms. The largest absolute Gasteiger partial charge is 0.284 e. The predicted molar refractivity (Wildman–Crippen MR) is 104 cm³/mol.